The Balaban J connectivity index is 2.19. The van der Waals surface area contributed by atoms with E-state index in [-0.39, 0.29) is 0 Å². The maximum atomic E-state index is 13.1. The highest BCUT2D eigenvalue weighted by Gasteiger charge is 2.08. The minimum Gasteiger partial charge on any atom is -0.370 e. The van der Waals surface area contributed by atoms with Gasteiger partial charge >= 0.3 is 0 Å². The fourth-order valence-electron chi connectivity index (χ4n) is 1.84. The van der Waals surface area contributed by atoms with Crippen LogP contribution in [0.3, 0.4) is 0 Å². The summed E-state index contributed by atoms with van der Waals surface area (Å²) in [5, 5.41) is 9.18. The number of hydrogen-bond acceptors (Lipinski definition) is 2. The molecular weight excluding hydrogens is 282 g/mol. The summed E-state index contributed by atoms with van der Waals surface area (Å²) >= 11 is 5.96. The topological polar surface area (TPSA) is 27.0 Å². The molecule has 5 heteroatoms. The van der Waals surface area contributed by atoms with E-state index in [1.165, 1.54) is 6.07 Å². The van der Waals surface area contributed by atoms with Crippen molar-refractivity contribution in [3.8, 4) is 6.07 Å². The van der Waals surface area contributed by atoms with Crippen LogP contribution < -0.4 is 4.90 Å². The maximum absolute atomic E-state index is 13.1. The van der Waals surface area contributed by atoms with Gasteiger partial charge in [-0.1, -0.05) is 17.7 Å². The second kappa shape index (κ2) is 5.89. The molecule has 0 saturated heterocycles. The molecule has 0 atom stereocenters. The summed E-state index contributed by atoms with van der Waals surface area (Å²) < 4.78 is 26.0. The largest absolute Gasteiger partial charge is 0.370 e. The van der Waals surface area contributed by atoms with E-state index in [1.807, 2.05) is 11.0 Å². The summed E-state index contributed by atoms with van der Waals surface area (Å²) in [4.78, 5) is 1.83. The minimum absolute atomic E-state index is 0.363. The lowest BCUT2D eigenvalue weighted by Gasteiger charge is -2.20. The Morgan fingerprint density at radius 1 is 1.15 bits per heavy atom. The highest BCUT2D eigenvalue weighted by molar-refractivity contribution is 6.32. The fourth-order valence-corrected chi connectivity index (χ4v) is 2.05. The molecular formula is C15H11ClF2N2. The third-order valence-electron chi connectivity index (χ3n) is 2.92. The second-order valence-corrected chi connectivity index (χ2v) is 4.79. The van der Waals surface area contributed by atoms with Crippen LogP contribution in [0, 0.1) is 23.0 Å². The van der Waals surface area contributed by atoms with Crippen molar-refractivity contribution in [3.63, 3.8) is 0 Å². The van der Waals surface area contributed by atoms with Gasteiger partial charge in [0.25, 0.3) is 0 Å². The lowest BCUT2D eigenvalue weighted by Crippen LogP contribution is -2.16. The monoisotopic (exact) mass is 292 g/mol. The third kappa shape index (κ3) is 3.06. The van der Waals surface area contributed by atoms with E-state index in [9.17, 15) is 8.78 Å². The van der Waals surface area contributed by atoms with Gasteiger partial charge in [-0.3, -0.25) is 0 Å². The fraction of sp³-hybridized carbons (Fsp3) is 0.133. The molecule has 0 amide bonds. The minimum atomic E-state index is -0.867. The molecule has 0 unspecified atom stereocenters. The molecule has 0 bridgehead atoms. The average Bonchev–Trinajstić information content (AvgIpc) is 2.42. The Labute approximate surface area is 120 Å². The molecule has 0 N–H and O–H groups in total. The number of rotatable bonds is 3. The number of nitriles is 1. The molecule has 2 aromatic rings. The van der Waals surface area contributed by atoms with E-state index in [1.54, 1.807) is 25.2 Å². The second-order valence-electron chi connectivity index (χ2n) is 4.38. The summed E-state index contributed by atoms with van der Waals surface area (Å²) in [5.41, 5.74) is 1.84. The standard InChI is InChI=1S/C15H11ClF2N2/c1-20(9-10-2-5-14(17)15(18)6-10)12-4-3-11(8-19)13(16)7-12/h2-7H,9H2,1H3. The van der Waals surface area contributed by atoms with Gasteiger partial charge in [0.2, 0.25) is 0 Å². The number of anilines is 1. The van der Waals surface area contributed by atoms with Gasteiger partial charge in [0.15, 0.2) is 11.6 Å². The summed E-state index contributed by atoms with van der Waals surface area (Å²) in [6.45, 7) is 0.402. The van der Waals surface area contributed by atoms with E-state index < -0.39 is 11.6 Å². The SMILES string of the molecule is CN(Cc1ccc(F)c(F)c1)c1ccc(C#N)c(Cl)c1. The van der Waals surface area contributed by atoms with Crippen molar-refractivity contribution in [3.05, 3.63) is 64.2 Å². The maximum Gasteiger partial charge on any atom is 0.159 e. The van der Waals surface area contributed by atoms with Gasteiger partial charge < -0.3 is 4.90 Å². The van der Waals surface area contributed by atoms with E-state index in [4.69, 9.17) is 16.9 Å². The summed E-state index contributed by atoms with van der Waals surface area (Å²) in [6, 6.07) is 10.8. The van der Waals surface area contributed by atoms with Gasteiger partial charge in [-0.15, -0.1) is 0 Å². The Kier molecular flexibility index (Phi) is 4.21. The highest BCUT2D eigenvalue weighted by atomic mass is 35.5. The molecule has 20 heavy (non-hydrogen) atoms. The first-order chi connectivity index (χ1) is 9.51. The number of hydrogen-bond donors (Lipinski definition) is 0. The van der Waals surface area contributed by atoms with Crippen LogP contribution in [0.25, 0.3) is 0 Å². The first kappa shape index (κ1) is 14.3. The molecule has 102 valence electrons. The zero-order valence-electron chi connectivity index (χ0n) is 10.7. The van der Waals surface area contributed by atoms with Crippen molar-refractivity contribution < 1.29 is 8.78 Å². The Morgan fingerprint density at radius 3 is 2.50 bits per heavy atom. The molecule has 0 radical (unpaired) electrons. The van der Waals surface area contributed by atoms with E-state index in [0.29, 0.717) is 22.7 Å². The molecule has 0 aliphatic heterocycles. The van der Waals surface area contributed by atoms with E-state index in [2.05, 4.69) is 0 Å². The molecule has 0 fully saturated rings. The van der Waals surface area contributed by atoms with Crippen molar-refractivity contribution in [1.82, 2.24) is 0 Å². The summed E-state index contributed by atoms with van der Waals surface area (Å²) in [5.74, 6) is -1.73. The Hall–Kier alpha value is -2.12. The van der Waals surface area contributed by atoms with Gasteiger partial charge in [0.05, 0.1) is 10.6 Å². The van der Waals surface area contributed by atoms with Crippen molar-refractivity contribution in [1.29, 1.82) is 5.26 Å². The zero-order chi connectivity index (χ0) is 14.7. The van der Waals surface area contributed by atoms with Crippen LogP contribution in [-0.2, 0) is 6.54 Å². The van der Waals surface area contributed by atoms with E-state index >= 15 is 0 Å². The lowest BCUT2D eigenvalue weighted by atomic mass is 10.1. The smallest absolute Gasteiger partial charge is 0.159 e. The van der Waals surface area contributed by atoms with Crippen LogP contribution >= 0.6 is 11.6 Å². The van der Waals surface area contributed by atoms with Gasteiger partial charge in [-0.2, -0.15) is 5.26 Å². The molecule has 0 saturated carbocycles. The summed E-state index contributed by atoms with van der Waals surface area (Å²) in [6.07, 6.45) is 0. The van der Waals surface area contributed by atoms with Crippen molar-refractivity contribution in [2.75, 3.05) is 11.9 Å². The number of halogens is 3. The van der Waals surface area contributed by atoms with Gasteiger partial charge in [0, 0.05) is 19.3 Å². The van der Waals surface area contributed by atoms with Gasteiger partial charge in [-0.25, -0.2) is 8.78 Å². The normalized spacial score (nSPS) is 10.2. The molecule has 2 nitrogen and oxygen atoms in total. The highest BCUT2D eigenvalue weighted by Crippen LogP contribution is 2.23. The first-order valence-electron chi connectivity index (χ1n) is 5.86. The van der Waals surface area contributed by atoms with Crippen molar-refractivity contribution >= 4 is 17.3 Å². The van der Waals surface area contributed by atoms with Crippen molar-refractivity contribution in [2.24, 2.45) is 0 Å². The van der Waals surface area contributed by atoms with Gasteiger partial charge in [-0.05, 0) is 35.9 Å². The average molecular weight is 293 g/mol. The zero-order valence-corrected chi connectivity index (χ0v) is 11.5. The lowest BCUT2D eigenvalue weighted by molar-refractivity contribution is 0.507. The molecule has 0 heterocycles. The molecule has 2 aromatic carbocycles. The molecule has 2 rings (SSSR count). The molecule has 0 spiro atoms. The first-order valence-corrected chi connectivity index (χ1v) is 6.24. The molecule has 0 aliphatic rings. The Morgan fingerprint density at radius 2 is 1.90 bits per heavy atom. The Bertz CT molecular complexity index is 680. The van der Waals surface area contributed by atoms with Crippen LogP contribution in [0.5, 0.6) is 0 Å². The summed E-state index contributed by atoms with van der Waals surface area (Å²) in [7, 11) is 1.80. The van der Waals surface area contributed by atoms with Crippen LogP contribution in [0.15, 0.2) is 36.4 Å². The van der Waals surface area contributed by atoms with Crippen LogP contribution in [0.4, 0.5) is 14.5 Å². The molecule has 0 aromatic heterocycles. The molecule has 0 aliphatic carbocycles. The predicted molar refractivity (Wildman–Crippen MR) is 74.6 cm³/mol. The van der Waals surface area contributed by atoms with Crippen molar-refractivity contribution in [2.45, 2.75) is 6.54 Å². The van der Waals surface area contributed by atoms with Crippen LogP contribution in [0.2, 0.25) is 5.02 Å². The van der Waals surface area contributed by atoms with Crippen LogP contribution in [0.1, 0.15) is 11.1 Å². The van der Waals surface area contributed by atoms with Crippen LogP contribution in [-0.4, -0.2) is 7.05 Å². The number of nitrogens with zero attached hydrogens (tertiary/aromatic N) is 2. The quantitative estimate of drug-likeness (QED) is 0.850. The third-order valence-corrected chi connectivity index (χ3v) is 3.23. The van der Waals surface area contributed by atoms with Gasteiger partial charge in [0.1, 0.15) is 6.07 Å². The predicted octanol–water partition coefficient (Wildman–Crippen LogP) is 4.13. The van der Waals surface area contributed by atoms with E-state index in [0.717, 1.165) is 17.8 Å². The number of benzene rings is 2.